The number of rotatable bonds is 1. The van der Waals surface area contributed by atoms with Gasteiger partial charge in [-0.3, -0.25) is 0 Å². The molecular formula is C17H19Zr. The van der Waals surface area contributed by atoms with Crippen molar-refractivity contribution in [3.63, 3.8) is 0 Å². The number of fused-ring (bicyclic) bond motifs is 3. The first-order chi connectivity index (χ1) is 8.58. The molecule has 0 unspecified atom stereocenters. The molecule has 18 heavy (non-hydrogen) atoms. The molecule has 0 aliphatic heterocycles. The molecule has 0 spiro atoms. The van der Waals surface area contributed by atoms with E-state index >= 15 is 0 Å². The molecule has 91 valence electrons. The van der Waals surface area contributed by atoms with E-state index in [0.717, 1.165) is 3.63 Å². The molecule has 1 aliphatic carbocycles. The summed E-state index contributed by atoms with van der Waals surface area (Å²) in [5.41, 5.74) is 8.95. The third kappa shape index (κ3) is 1.84. The van der Waals surface area contributed by atoms with Crippen LogP contribution in [-0.4, -0.2) is 0 Å². The molecule has 0 saturated carbocycles. The van der Waals surface area contributed by atoms with Gasteiger partial charge in [-0.1, -0.05) is 0 Å². The van der Waals surface area contributed by atoms with Gasteiger partial charge in [-0.25, -0.2) is 0 Å². The van der Waals surface area contributed by atoms with Crippen LogP contribution in [0.5, 0.6) is 0 Å². The van der Waals surface area contributed by atoms with E-state index in [9.17, 15) is 0 Å². The second-order valence-electron chi connectivity index (χ2n) is 5.69. The van der Waals surface area contributed by atoms with Gasteiger partial charge < -0.3 is 0 Å². The van der Waals surface area contributed by atoms with E-state index in [1.165, 1.54) is 22.3 Å². The van der Waals surface area contributed by atoms with E-state index in [-0.39, 0.29) is 0 Å². The second-order valence-corrected chi connectivity index (χ2v) is 12.4. The van der Waals surface area contributed by atoms with Crippen LogP contribution in [0, 0.1) is 13.8 Å². The third-order valence-corrected chi connectivity index (χ3v) is 8.27. The molecule has 0 fully saturated rings. The molecule has 0 bridgehead atoms. The van der Waals surface area contributed by atoms with E-state index in [1.807, 2.05) is 0 Å². The average molecular weight is 315 g/mol. The Kier molecular flexibility index (Phi) is 3.06. The fourth-order valence-electron chi connectivity index (χ4n) is 3.10. The minimum absolute atomic E-state index is 0.763. The fourth-order valence-corrected chi connectivity index (χ4v) is 7.40. The first kappa shape index (κ1) is 12.4. The zero-order chi connectivity index (χ0) is 12.9. The van der Waals surface area contributed by atoms with Gasteiger partial charge >= 0.3 is 118 Å². The van der Waals surface area contributed by atoms with Gasteiger partial charge in [-0.2, -0.15) is 0 Å². The van der Waals surface area contributed by atoms with Crippen LogP contribution < -0.4 is 0 Å². The maximum absolute atomic E-state index is 2.52. The van der Waals surface area contributed by atoms with Crippen molar-refractivity contribution in [1.29, 1.82) is 0 Å². The number of aryl methyl sites for hydroxylation is 2. The van der Waals surface area contributed by atoms with Gasteiger partial charge in [-0.05, 0) is 0 Å². The molecule has 0 radical (unpaired) electrons. The molecule has 1 aliphatic rings. The molecule has 2 aromatic rings. The Bertz CT molecular complexity index is 560. The van der Waals surface area contributed by atoms with Crippen LogP contribution in [0.2, 0.25) is 9.26 Å². The molecule has 0 saturated heterocycles. The zero-order valence-corrected chi connectivity index (χ0v) is 14.0. The summed E-state index contributed by atoms with van der Waals surface area (Å²) >= 11 is -1.30. The summed E-state index contributed by atoms with van der Waals surface area (Å²) in [6.45, 7) is 4.39. The van der Waals surface area contributed by atoms with Gasteiger partial charge in [0.1, 0.15) is 0 Å². The van der Waals surface area contributed by atoms with Crippen molar-refractivity contribution in [2.75, 3.05) is 0 Å². The Labute approximate surface area is 118 Å². The van der Waals surface area contributed by atoms with Crippen molar-refractivity contribution in [3.05, 3.63) is 58.7 Å². The molecular weight excluding hydrogens is 295 g/mol. The van der Waals surface area contributed by atoms with Crippen molar-refractivity contribution in [1.82, 2.24) is 0 Å². The van der Waals surface area contributed by atoms with Crippen molar-refractivity contribution in [3.8, 4) is 11.1 Å². The molecule has 0 N–H and O–H groups in total. The van der Waals surface area contributed by atoms with E-state index in [1.54, 1.807) is 11.1 Å². The summed E-state index contributed by atoms with van der Waals surface area (Å²) < 4.78 is 5.80. The quantitative estimate of drug-likeness (QED) is 0.688. The summed E-state index contributed by atoms with van der Waals surface area (Å²) in [4.78, 5) is 0. The van der Waals surface area contributed by atoms with E-state index in [2.05, 4.69) is 59.5 Å². The van der Waals surface area contributed by atoms with Crippen LogP contribution in [0.1, 0.15) is 25.9 Å². The van der Waals surface area contributed by atoms with Crippen molar-refractivity contribution >= 4 is 0 Å². The summed E-state index contributed by atoms with van der Waals surface area (Å²) in [6, 6.07) is 14.0. The van der Waals surface area contributed by atoms with Crippen LogP contribution in [0.25, 0.3) is 11.1 Å². The molecule has 0 aromatic heterocycles. The second kappa shape index (κ2) is 4.46. The first-order valence-corrected chi connectivity index (χ1v) is 12.9. The van der Waals surface area contributed by atoms with E-state index < -0.39 is 21.8 Å². The topological polar surface area (TPSA) is 0 Å². The minimum atomic E-state index is -1.30. The molecule has 0 atom stereocenters. The average Bonchev–Trinajstić information content (AvgIpc) is 2.62. The third-order valence-electron chi connectivity index (χ3n) is 3.91. The van der Waals surface area contributed by atoms with E-state index in [0.29, 0.717) is 0 Å². The normalized spacial score (nSPS) is 13.3. The molecule has 0 heterocycles. The number of benzene rings is 2. The van der Waals surface area contributed by atoms with Crippen LogP contribution in [0.3, 0.4) is 0 Å². The van der Waals surface area contributed by atoms with Crippen LogP contribution >= 0.6 is 0 Å². The molecule has 3 rings (SSSR count). The Morgan fingerprint density at radius 1 is 0.778 bits per heavy atom. The SMILES string of the molecule is Cc1ccc2c(c1)-c1cc(C)ccc1[CH]2[Zr]([CH3])[CH3]. The van der Waals surface area contributed by atoms with Crippen LogP contribution in [0.4, 0.5) is 0 Å². The molecule has 0 nitrogen and oxygen atoms in total. The summed E-state index contributed by atoms with van der Waals surface area (Å²) in [5.74, 6) is 0. The Balaban J connectivity index is 2.31. The number of hydrogen-bond acceptors (Lipinski definition) is 0. The van der Waals surface area contributed by atoms with Crippen molar-refractivity contribution in [2.24, 2.45) is 0 Å². The zero-order valence-electron chi connectivity index (χ0n) is 11.5. The Morgan fingerprint density at radius 3 is 1.61 bits per heavy atom. The van der Waals surface area contributed by atoms with E-state index in [4.69, 9.17) is 0 Å². The fraction of sp³-hybridized carbons (Fsp3) is 0.294. The van der Waals surface area contributed by atoms with Crippen molar-refractivity contribution in [2.45, 2.75) is 26.7 Å². The molecule has 2 aromatic carbocycles. The summed E-state index contributed by atoms with van der Waals surface area (Å²) in [7, 11) is 0. The predicted molar refractivity (Wildman–Crippen MR) is 74.9 cm³/mol. The van der Waals surface area contributed by atoms with Gasteiger partial charge in [0, 0.05) is 0 Å². The van der Waals surface area contributed by atoms with Gasteiger partial charge in [-0.15, -0.1) is 0 Å². The van der Waals surface area contributed by atoms with Gasteiger partial charge in [0.2, 0.25) is 0 Å². The Morgan fingerprint density at radius 2 is 1.22 bits per heavy atom. The first-order valence-electron chi connectivity index (χ1n) is 6.59. The summed E-state index contributed by atoms with van der Waals surface area (Å²) in [6.07, 6.45) is 0. The maximum atomic E-state index is 2.52. The molecule has 0 amide bonds. The Hall–Kier alpha value is -0.677. The van der Waals surface area contributed by atoms with Crippen LogP contribution in [0.15, 0.2) is 36.4 Å². The van der Waals surface area contributed by atoms with Gasteiger partial charge in [0.05, 0.1) is 0 Å². The summed E-state index contributed by atoms with van der Waals surface area (Å²) in [5, 5.41) is 0. The van der Waals surface area contributed by atoms with Gasteiger partial charge in [0.15, 0.2) is 0 Å². The van der Waals surface area contributed by atoms with Gasteiger partial charge in [0.25, 0.3) is 0 Å². The monoisotopic (exact) mass is 313 g/mol. The standard InChI is InChI=1S/C15H13.2CH3.Zr/c1-10-3-5-12-9-13-6-4-11(2)8-15(13)14(12)7-10;;;/h3-9H,1-2H3;2*1H3;. The van der Waals surface area contributed by atoms with Crippen LogP contribution in [-0.2, 0) is 21.8 Å². The predicted octanol–water partition coefficient (Wildman–Crippen LogP) is 5.09. The molecule has 1 heteroatoms. The number of hydrogen-bond donors (Lipinski definition) is 0. The van der Waals surface area contributed by atoms with Crippen molar-refractivity contribution < 1.29 is 21.8 Å².